The van der Waals surface area contributed by atoms with Crippen molar-refractivity contribution < 1.29 is 9.47 Å². The van der Waals surface area contributed by atoms with E-state index >= 15 is 0 Å². The third-order valence-electron chi connectivity index (χ3n) is 1.86. The Morgan fingerprint density at radius 2 is 2.25 bits per heavy atom. The molecule has 1 fully saturated rings. The minimum absolute atomic E-state index is 0.346. The Morgan fingerprint density at radius 3 is 2.75 bits per heavy atom. The summed E-state index contributed by atoms with van der Waals surface area (Å²) in [5.41, 5.74) is 1.18. The molecule has 12 heavy (non-hydrogen) atoms. The van der Waals surface area contributed by atoms with Gasteiger partial charge in [0.25, 0.3) is 0 Å². The van der Waals surface area contributed by atoms with Crippen molar-refractivity contribution in [2.75, 3.05) is 13.2 Å². The zero-order valence-corrected chi connectivity index (χ0v) is 7.96. The molecular weight excluding hydrogens is 152 g/mol. The Labute approximate surface area is 73.9 Å². The standard InChI is InChI=1S/C10H16O2/c1-4-5-8(2)9(3)11-6-10-7-12-10/h4-5,10H,6-7H2,1-3H3/b5-4-,9-8+. The molecule has 1 rings (SSSR count). The van der Waals surface area contributed by atoms with Crippen molar-refractivity contribution >= 4 is 0 Å². The highest BCUT2D eigenvalue weighted by atomic mass is 16.6. The molecule has 2 nitrogen and oxygen atoms in total. The van der Waals surface area contributed by atoms with Crippen molar-refractivity contribution in [3.05, 3.63) is 23.5 Å². The molecule has 2 heteroatoms. The molecule has 0 radical (unpaired) electrons. The SMILES string of the molecule is C/C=C\C(C)=C(/C)OCC1CO1. The van der Waals surface area contributed by atoms with Gasteiger partial charge in [0.05, 0.1) is 12.4 Å². The highest BCUT2D eigenvalue weighted by molar-refractivity contribution is 5.18. The van der Waals surface area contributed by atoms with Crippen LogP contribution in [0.25, 0.3) is 0 Å². The first kappa shape index (κ1) is 9.33. The largest absolute Gasteiger partial charge is 0.495 e. The third kappa shape index (κ3) is 3.09. The molecule has 1 aliphatic heterocycles. The number of rotatable bonds is 4. The molecule has 0 spiro atoms. The van der Waals surface area contributed by atoms with Gasteiger partial charge in [0.1, 0.15) is 12.7 Å². The zero-order valence-electron chi connectivity index (χ0n) is 7.96. The number of hydrogen-bond acceptors (Lipinski definition) is 2. The third-order valence-corrected chi connectivity index (χ3v) is 1.86. The van der Waals surface area contributed by atoms with Crippen molar-refractivity contribution in [3.63, 3.8) is 0 Å². The monoisotopic (exact) mass is 168 g/mol. The summed E-state index contributed by atoms with van der Waals surface area (Å²) in [7, 11) is 0. The van der Waals surface area contributed by atoms with Crippen molar-refractivity contribution in [1.29, 1.82) is 0 Å². The van der Waals surface area contributed by atoms with Crippen molar-refractivity contribution in [2.24, 2.45) is 0 Å². The van der Waals surface area contributed by atoms with Crippen LogP contribution in [-0.2, 0) is 9.47 Å². The predicted molar refractivity (Wildman–Crippen MR) is 48.9 cm³/mol. The number of hydrogen-bond donors (Lipinski definition) is 0. The summed E-state index contributed by atoms with van der Waals surface area (Å²) >= 11 is 0. The lowest BCUT2D eigenvalue weighted by Gasteiger charge is -2.05. The molecule has 1 atom stereocenters. The van der Waals surface area contributed by atoms with Crippen molar-refractivity contribution in [1.82, 2.24) is 0 Å². The van der Waals surface area contributed by atoms with Crippen LogP contribution in [0, 0.1) is 0 Å². The molecule has 0 aromatic carbocycles. The number of allylic oxidation sites excluding steroid dienone is 4. The second kappa shape index (κ2) is 4.31. The Bertz CT molecular complexity index is 200. The van der Waals surface area contributed by atoms with E-state index in [4.69, 9.17) is 9.47 Å². The normalized spacial score (nSPS) is 24.1. The van der Waals surface area contributed by atoms with Crippen LogP contribution in [0.4, 0.5) is 0 Å². The summed E-state index contributed by atoms with van der Waals surface area (Å²) in [6.45, 7) is 7.58. The van der Waals surface area contributed by atoms with Crippen LogP contribution in [-0.4, -0.2) is 19.3 Å². The second-order valence-electron chi connectivity index (χ2n) is 3.01. The van der Waals surface area contributed by atoms with Crippen LogP contribution in [0.1, 0.15) is 20.8 Å². The molecule has 1 unspecified atom stereocenters. The van der Waals surface area contributed by atoms with E-state index in [2.05, 4.69) is 0 Å². The molecule has 68 valence electrons. The van der Waals surface area contributed by atoms with E-state index in [1.807, 2.05) is 32.9 Å². The maximum atomic E-state index is 5.48. The van der Waals surface area contributed by atoms with Crippen LogP contribution in [0.2, 0.25) is 0 Å². The first-order chi connectivity index (χ1) is 5.74. The highest BCUT2D eigenvalue weighted by Gasteiger charge is 2.22. The van der Waals surface area contributed by atoms with E-state index in [-0.39, 0.29) is 0 Å². The fraction of sp³-hybridized carbons (Fsp3) is 0.600. The van der Waals surface area contributed by atoms with E-state index < -0.39 is 0 Å². The van der Waals surface area contributed by atoms with Crippen LogP contribution in [0.15, 0.2) is 23.5 Å². The van der Waals surface area contributed by atoms with Gasteiger partial charge in [-0.25, -0.2) is 0 Å². The van der Waals surface area contributed by atoms with Crippen LogP contribution in [0.5, 0.6) is 0 Å². The molecule has 1 aliphatic rings. The molecule has 0 N–H and O–H groups in total. The second-order valence-corrected chi connectivity index (χ2v) is 3.01. The average Bonchev–Trinajstić information content (AvgIpc) is 2.83. The van der Waals surface area contributed by atoms with Crippen LogP contribution >= 0.6 is 0 Å². The number of epoxide rings is 1. The van der Waals surface area contributed by atoms with Gasteiger partial charge in [-0.3, -0.25) is 0 Å². The summed E-state index contributed by atoms with van der Waals surface area (Å²) in [4.78, 5) is 0. The summed E-state index contributed by atoms with van der Waals surface area (Å²) in [6.07, 6.45) is 4.40. The van der Waals surface area contributed by atoms with E-state index in [9.17, 15) is 0 Å². The fourth-order valence-corrected chi connectivity index (χ4v) is 0.863. The molecular formula is C10H16O2. The van der Waals surface area contributed by atoms with Crippen molar-refractivity contribution in [2.45, 2.75) is 26.9 Å². The lowest BCUT2D eigenvalue weighted by atomic mass is 10.2. The summed E-state index contributed by atoms with van der Waals surface area (Å²) in [6, 6.07) is 0. The summed E-state index contributed by atoms with van der Waals surface area (Å²) in [5.74, 6) is 0.989. The Balaban J connectivity index is 2.31. The lowest BCUT2D eigenvalue weighted by Crippen LogP contribution is -2.00. The molecule has 0 saturated carbocycles. The molecule has 0 aliphatic carbocycles. The van der Waals surface area contributed by atoms with Gasteiger partial charge in [-0.1, -0.05) is 12.2 Å². The van der Waals surface area contributed by atoms with Gasteiger partial charge in [0.15, 0.2) is 0 Å². The molecule has 0 aromatic rings. The maximum absolute atomic E-state index is 5.48. The van der Waals surface area contributed by atoms with Gasteiger partial charge in [-0.2, -0.15) is 0 Å². The van der Waals surface area contributed by atoms with E-state index in [1.54, 1.807) is 0 Å². The number of ether oxygens (including phenoxy) is 2. The van der Waals surface area contributed by atoms with Crippen LogP contribution < -0.4 is 0 Å². The first-order valence-electron chi connectivity index (χ1n) is 4.28. The Hall–Kier alpha value is -0.760. The summed E-state index contributed by atoms with van der Waals surface area (Å²) in [5, 5.41) is 0. The molecule has 0 amide bonds. The Kier molecular flexibility index (Phi) is 3.35. The van der Waals surface area contributed by atoms with Gasteiger partial charge in [0.2, 0.25) is 0 Å². The van der Waals surface area contributed by atoms with Crippen molar-refractivity contribution in [3.8, 4) is 0 Å². The Morgan fingerprint density at radius 1 is 1.58 bits per heavy atom. The molecule has 1 saturated heterocycles. The predicted octanol–water partition coefficient (Wildman–Crippen LogP) is 2.27. The van der Waals surface area contributed by atoms with Gasteiger partial charge in [-0.15, -0.1) is 0 Å². The average molecular weight is 168 g/mol. The summed E-state index contributed by atoms with van der Waals surface area (Å²) < 4.78 is 10.5. The smallest absolute Gasteiger partial charge is 0.116 e. The minimum atomic E-state index is 0.346. The fourth-order valence-electron chi connectivity index (χ4n) is 0.863. The van der Waals surface area contributed by atoms with E-state index in [1.165, 1.54) is 5.57 Å². The topological polar surface area (TPSA) is 21.8 Å². The molecule has 0 bridgehead atoms. The maximum Gasteiger partial charge on any atom is 0.116 e. The quantitative estimate of drug-likeness (QED) is 0.365. The van der Waals surface area contributed by atoms with E-state index in [0.29, 0.717) is 12.7 Å². The van der Waals surface area contributed by atoms with Gasteiger partial charge < -0.3 is 9.47 Å². The zero-order chi connectivity index (χ0) is 8.97. The van der Waals surface area contributed by atoms with Crippen LogP contribution in [0.3, 0.4) is 0 Å². The van der Waals surface area contributed by atoms with Gasteiger partial charge in [0, 0.05) is 0 Å². The first-order valence-corrected chi connectivity index (χ1v) is 4.28. The van der Waals surface area contributed by atoms with Gasteiger partial charge >= 0.3 is 0 Å². The molecule has 1 heterocycles. The van der Waals surface area contributed by atoms with Gasteiger partial charge in [-0.05, 0) is 26.3 Å². The molecule has 0 aromatic heterocycles. The minimum Gasteiger partial charge on any atom is -0.495 e. The lowest BCUT2D eigenvalue weighted by molar-refractivity contribution is 0.182. The highest BCUT2D eigenvalue weighted by Crippen LogP contribution is 2.13. The van der Waals surface area contributed by atoms with E-state index in [0.717, 1.165) is 12.4 Å².